The third-order valence-electron chi connectivity index (χ3n) is 4.62. The van der Waals surface area contributed by atoms with Crippen molar-refractivity contribution in [3.63, 3.8) is 0 Å². The van der Waals surface area contributed by atoms with Gasteiger partial charge in [-0.15, -0.1) is 0 Å². The largest absolute Gasteiger partial charge is 0.478 e. The van der Waals surface area contributed by atoms with Gasteiger partial charge in [0.25, 0.3) is 0 Å². The predicted octanol–water partition coefficient (Wildman–Crippen LogP) is 0.933. The highest BCUT2D eigenvalue weighted by molar-refractivity contribution is 7.89. The zero-order valence-corrected chi connectivity index (χ0v) is 15.6. The highest BCUT2D eigenvalue weighted by atomic mass is 32.2. The van der Waals surface area contributed by atoms with Crippen LogP contribution in [0.1, 0.15) is 21.6 Å². The molecule has 1 aromatic carbocycles. The van der Waals surface area contributed by atoms with E-state index in [1.54, 1.807) is 29.9 Å². The number of piperazine rings is 1. The summed E-state index contributed by atoms with van der Waals surface area (Å²) in [6.07, 6.45) is 1.34. The van der Waals surface area contributed by atoms with Crippen molar-refractivity contribution < 1.29 is 18.3 Å². The highest BCUT2D eigenvalue weighted by Gasteiger charge is 2.29. The fraction of sp³-hybridized carbons (Fsp3) is 0.412. The molecule has 140 valence electrons. The molecule has 1 aromatic heterocycles. The van der Waals surface area contributed by atoms with Crippen LogP contribution in [-0.2, 0) is 23.6 Å². The molecule has 1 aliphatic heterocycles. The van der Waals surface area contributed by atoms with Gasteiger partial charge in [0.15, 0.2) is 0 Å². The second kappa shape index (κ2) is 7.18. The molecule has 0 spiro atoms. The first-order chi connectivity index (χ1) is 12.3. The van der Waals surface area contributed by atoms with E-state index in [4.69, 9.17) is 0 Å². The zero-order valence-electron chi connectivity index (χ0n) is 14.8. The summed E-state index contributed by atoms with van der Waals surface area (Å²) in [4.78, 5) is 13.6. The van der Waals surface area contributed by atoms with E-state index in [9.17, 15) is 18.3 Å². The van der Waals surface area contributed by atoms with E-state index in [1.807, 2.05) is 17.9 Å². The first-order valence-corrected chi connectivity index (χ1v) is 9.76. The minimum Gasteiger partial charge on any atom is -0.478 e. The number of rotatable bonds is 5. The first-order valence-electron chi connectivity index (χ1n) is 8.32. The smallest absolute Gasteiger partial charge is 0.339 e. The second-order valence-corrected chi connectivity index (χ2v) is 8.37. The van der Waals surface area contributed by atoms with E-state index in [1.165, 1.54) is 10.5 Å². The van der Waals surface area contributed by atoms with Gasteiger partial charge in [-0.25, -0.2) is 13.2 Å². The number of nitrogens with zero attached hydrogens (tertiary/aromatic N) is 4. The SMILES string of the molecule is Cc1cccc(S(=O)(=O)N2CCN(Cc3c(C(=O)O)cnn3C)CC2)c1. The molecule has 2 aromatic rings. The number of aromatic nitrogens is 2. The monoisotopic (exact) mass is 378 g/mol. The van der Waals surface area contributed by atoms with Crippen molar-refractivity contribution in [2.45, 2.75) is 18.4 Å². The van der Waals surface area contributed by atoms with Crippen molar-refractivity contribution in [1.29, 1.82) is 0 Å². The maximum Gasteiger partial charge on any atom is 0.339 e. The molecule has 9 heteroatoms. The molecule has 3 rings (SSSR count). The average molecular weight is 378 g/mol. The average Bonchev–Trinajstić information content (AvgIpc) is 2.96. The van der Waals surface area contributed by atoms with Gasteiger partial charge >= 0.3 is 5.97 Å². The fourth-order valence-electron chi connectivity index (χ4n) is 3.09. The lowest BCUT2D eigenvalue weighted by atomic mass is 10.2. The van der Waals surface area contributed by atoms with E-state index in [-0.39, 0.29) is 5.56 Å². The molecule has 8 nitrogen and oxygen atoms in total. The summed E-state index contributed by atoms with van der Waals surface area (Å²) in [6, 6.07) is 6.90. The lowest BCUT2D eigenvalue weighted by Crippen LogP contribution is -2.48. The topological polar surface area (TPSA) is 95.7 Å². The summed E-state index contributed by atoms with van der Waals surface area (Å²) < 4.78 is 28.6. The number of carboxylic acid groups (broad SMARTS) is 1. The number of benzene rings is 1. The molecule has 2 heterocycles. The van der Waals surface area contributed by atoms with Gasteiger partial charge in [-0.1, -0.05) is 12.1 Å². The molecule has 1 N–H and O–H groups in total. The Balaban J connectivity index is 1.68. The van der Waals surface area contributed by atoms with Gasteiger partial charge in [0.1, 0.15) is 5.56 Å². The van der Waals surface area contributed by atoms with Gasteiger partial charge in [-0.3, -0.25) is 9.58 Å². The van der Waals surface area contributed by atoms with E-state index in [0.717, 1.165) is 5.56 Å². The first kappa shape index (κ1) is 18.6. The molecule has 0 amide bonds. The van der Waals surface area contributed by atoms with Gasteiger partial charge in [-0.2, -0.15) is 9.40 Å². The van der Waals surface area contributed by atoms with Crippen molar-refractivity contribution in [3.05, 3.63) is 47.3 Å². The van der Waals surface area contributed by atoms with Gasteiger partial charge in [0.2, 0.25) is 10.0 Å². The van der Waals surface area contributed by atoms with Crippen LogP contribution in [0.15, 0.2) is 35.4 Å². The number of sulfonamides is 1. The summed E-state index contributed by atoms with van der Waals surface area (Å²) >= 11 is 0. The molecule has 0 radical (unpaired) electrons. The predicted molar refractivity (Wildman–Crippen MR) is 95.4 cm³/mol. The lowest BCUT2D eigenvalue weighted by molar-refractivity contribution is 0.0693. The number of aromatic carboxylic acids is 1. The van der Waals surface area contributed by atoms with Crippen molar-refractivity contribution in [2.24, 2.45) is 7.05 Å². The standard InChI is InChI=1S/C17H22N4O4S/c1-13-4-3-5-14(10-13)26(24,25)21-8-6-20(7-9-21)12-16-15(17(22)23)11-18-19(16)2/h3-5,10-11H,6-9,12H2,1-2H3,(H,22,23). The molecule has 1 saturated heterocycles. The molecule has 0 saturated carbocycles. The van der Waals surface area contributed by atoms with Gasteiger partial charge in [-0.05, 0) is 24.6 Å². The van der Waals surface area contributed by atoms with Gasteiger partial charge < -0.3 is 5.11 Å². The van der Waals surface area contributed by atoms with Crippen LogP contribution in [0, 0.1) is 6.92 Å². The maximum atomic E-state index is 12.8. The lowest BCUT2D eigenvalue weighted by Gasteiger charge is -2.34. The van der Waals surface area contributed by atoms with E-state index >= 15 is 0 Å². The summed E-state index contributed by atoms with van der Waals surface area (Å²) in [5, 5.41) is 13.3. The maximum absolute atomic E-state index is 12.8. The Kier molecular flexibility index (Phi) is 5.12. The van der Waals surface area contributed by atoms with Crippen LogP contribution in [-0.4, -0.2) is 64.7 Å². The molecular formula is C17H22N4O4S. The molecular weight excluding hydrogens is 356 g/mol. The van der Waals surface area contributed by atoms with E-state index < -0.39 is 16.0 Å². The normalized spacial score (nSPS) is 16.7. The van der Waals surface area contributed by atoms with Crippen molar-refractivity contribution in [2.75, 3.05) is 26.2 Å². The van der Waals surface area contributed by atoms with Gasteiger partial charge in [0.05, 0.1) is 16.8 Å². The third kappa shape index (κ3) is 3.64. The van der Waals surface area contributed by atoms with Crippen LogP contribution in [0.5, 0.6) is 0 Å². The number of hydrogen-bond donors (Lipinski definition) is 1. The Hall–Kier alpha value is -2.23. The fourth-order valence-corrected chi connectivity index (χ4v) is 4.62. The van der Waals surface area contributed by atoms with Crippen LogP contribution in [0.3, 0.4) is 0 Å². The van der Waals surface area contributed by atoms with E-state index in [2.05, 4.69) is 5.10 Å². The third-order valence-corrected chi connectivity index (χ3v) is 6.52. The summed E-state index contributed by atoms with van der Waals surface area (Å²) in [5.74, 6) is -1.01. The van der Waals surface area contributed by atoms with E-state index in [0.29, 0.717) is 43.3 Å². The molecule has 26 heavy (non-hydrogen) atoms. The van der Waals surface area contributed by atoms with Crippen molar-refractivity contribution in [3.8, 4) is 0 Å². The van der Waals surface area contributed by atoms with Crippen LogP contribution in [0.4, 0.5) is 0 Å². The minimum absolute atomic E-state index is 0.183. The molecule has 1 aliphatic rings. The number of carbonyl (C=O) groups is 1. The van der Waals surface area contributed by atoms with Crippen LogP contribution in [0.2, 0.25) is 0 Å². The summed E-state index contributed by atoms with van der Waals surface area (Å²) in [5.41, 5.74) is 1.71. The summed E-state index contributed by atoms with van der Waals surface area (Å²) in [7, 11) is -1.80. The molecule has 0 aliphatic carbocycles. The van der Waals surface area contributed by atoms with Crippen LogP contribution >= 0.6 is 0 Å². The molecule has 1 fully saturated rings. The van der Waals surface area contributed by atoms with Gasteiger partial charge in [0, 0.05) is 39.8 Å². The summed E-state index contributed by atoms with van der Waals surface area (Å²) in [6.45, 7) is 4.11. The Morgan fingerprint density at radius 3 is 2.54 bits per heavy atom. The zero-order chi connectivity index (χ0) is 18.9. The van der Waals surface area contributed by atoms with Crippen LogP contribution < -0.4 is 0 Å². The Morgan fingerprint density at radius 2 is 1.92 bits per heavy atom. The number of carboxylic acids is 1. The highest BCUT2D eigenvalue weighted by Crippen LogP contribution is 2.20. The molecule has 0 atom stereocenters. The van der Waals surface area contributed by atoms with Crippen LogP contribution in [0.25, 0.3) is 0 Å². The van der Waals surface area contributed by atoms with Crippen molar-refractivity contribution in [1.82, 2.24) is 19.0 Å². The quantitative estimate of drug-likeness (QED) is 0.832. The Labute approximate surface area is 152 Å². The van der Waals surface area contributed by atoms with Crippen molar-refractivity contribution >= 4 is 16.0 Å². The molecule has 0 bridgehead atoms. The Morgan fingerprint density at radius 1 is 1.23 bits per heavy atom. The Bertz CT molecular complexity index is 915. The minimum atomic E-state index is -3.50. The second-order valence-electron chi connectivity index (χ2n) is 6.43. The molecule has 0 unspecified atom stereocenters. The number of hydrogen-bond acceptors (Lipinski definition) is 5. The number of aryl methyl sites for hydroxylation is 2.